The molecule has 5 heteroatoms. The number of likely N-dealkylation sites (N-methyl/N-ethyl adjacent to an activating group) is 1. The van der Waals surface area contributed by atoms with E-state index in [1.807, 2.05) is 19.1 Å². The Morgan fingerprint density at radius 2 is 2.35 bits per heavy atom. The Bertz CT molecular complexity index is 673. The first kappa shape index (κ1) is 13.3. The molecular weight excluding hydrogens is 252 g/mol. The zero-order valence-corrected chi connectivity index (χ0v) is 12.0. The molecule has 1 aliphatic heterocycles. The fourth-order valence-electron chi connectivity index (χ4n) is 2.74. The van der Waals surface area contributed by atoms with Crippen molar-refractivity contribution in [2.45, 2.75) is 25.9 Å². The summed E-state index contributed by atoms with van der Waals surface area (Å²) >= 11 is 0. The largest absolute Gasteiger partial charge is 0.315 e. The Balaban J connectivity index is 1.89. The first-order chi connectivity index (χ1) is 9.63. The first-order valence-corrected chi connectivity index (χ1v) is 7.03. The van der Waals surface area contributed by atoms with E-state index in [0.29, 0.717) is 12.6 Å². The quantitative estimate of drug-likeness (QED) is 0.898. The van der Waals surface area contributed by atoms with Crippen molar-refractivity contribution in [2.75, 3.05) is 20.1 Å². The predicted molar refractivity (Wildman–Crippen MR) is 78.9 cm³/mol. The molecule has 3 rings (SSSR count). The third-order valence-corrected chi connectivity index (χ3v) is 3.94. The summed E-state index contributed by atoms with van der Waals surface area (Å²) < 4.78 is 1.59. The van der Waals surface area contributed by atoms with E-state index in [1.165, 1.54) is 0 Å². The molecule has 1 saturated heterocycles. The number of nitrogens with one attached hydrogen (secondary N) is 1. The van der Waals surface area contributed by atoms with Gasteiger partial charge in [0.15, 0.2) is 0 Å². The van der Waals surface area contributed by atoms with Crippen molar-refractivity contribution in [3.8, 4) is 0 Å². The second-order valence-corrected chi connectivity index (χ2v) is 5.58. The number of rotatable bonds is 3. The molecular formula is C15H20N4O. The van der Waals surface area contributed by atoms with Crippen molar-refractivity contribution in [1.82, 2.24) is 19.6 Å². The molecule has 2 aromatic rings. The van der Waals surface area contributed by atoms with Gasteiger partial charge in [-0.3, -0.25) is 14.1 Å². The van der Waals surface area contributed by atoms with Crippen molar-refractivity contribution >= 4 is 5.65 Å². The third kappa shape index (κ3) is 2.59. The maximum atomic E-state index is 12.1. The number of aromatic nitrogens is 2. The van der Waals surface area contributed by atoms with Crippen LogP contribution in [0.15, 0.2) is 29.2 Å². The molecule has 20 heavy (non-hydrogen) atoms. The smallest absolute Gasteiger partial charge is 0.258 e. The number of hydrogen-bond acceptors (Lipinski definition) is 4. The van der Waals surface area contributed by atoms with Gasteiger partial charge in [0.05, 0.1) is 5.69 Å². The lowest BCUT2D eigenvalue weighted by molar-refractivity contribution is 0.246. The number of nitrogens with zero attached hydrogens (tertiary/aromatic N) is 3. The molecule has 0 aliphatic carbocycles. The minimum Gasteiger partial charge on any atom is -0.315 e. The van der Waals surface area contributed by atoms with Crippen LogP contribution in [-0.4, -0.2) is 40.5 Å². The average molecular weight is 272 g/mol. The second kappa shape index (κ2) is 5.34. The summed E-state index contributed by atoms with van der Waals surface area (Å²) in [5.41, 5.74) is 2.67. The van der Waals surface area contributed by atoms with Gasteiger partial charge >= 0.3 is 0 Å². The Kier molecular flexibility index (Phi) is 3.54. The van der Waals surface area contributed by atoms with E-state index >= 15 is 0 Å². The highest BCUT2D eigenvalue weighted by molar-refractivity contribution is 5.41. The summed E-state index contributed by atoms with van der Waals surface area (Å²) in [6.45, 7) is 4.81. The van der Waals surface area contributed by atoms with E-state index in [2.05, 4.69) is 22.2 Å². The Morgan fingerprint density at radius 3 is 3.10 bits per heavy atom. The van der Waals surface area contributed by atoms with E-state index in [4.69, 9.17) is 0 Å². The molecule has 1 fully saturated rings. The van der Waals surface area contributed by atoms with Gasteiger partial charge in [-0.15, -0.1) is 0 Å². The number of fused-ring (bicyclic) bond motifs is 1. The van der Waals surface area contributed by atoms with Crippen LogP contribution in [-0.2, 0) is 6.54 Å². The Labute approximate surface area is 118 Å². The zero-order valence-electron chi connectivity index (χ0n) is 12.0. The van der Waals surface area contributed by atoms with Gasteiger partial charge in [-0.1, -0.05) is 0 Å². The predicted octanol–water partition coefficient (Wildman–Crippen LogP) is 0.797. The third-order valence-electron chi connectivity index (χ3n) is 3.94. The summed E-state index contributed by atoms with van der Waals surface area (Å²) in [4.78, 5) is 19.0. The van der Waals surface area contributed by atoms with Crippen LogP contribution < -0.4 is 10.9 Å². The molecule has 5 nitrogen and oxygen atoms in total. The van der Waals surface area contributed by atoms with Crippen LogP contribution in [0.2, 0.25) is 0 Å². The van der Waals surface area contributed by atoms with Crippen LogP contribution in [0, 0.1) is 6.92 Å². The van der Waals surface area contributed by atoms with E-state index in [9.17, 15) is 4.79 Å². The fourth-order valence-corrected chi connectivity index (χ4v) is 2.74. The molecule has 0 spiro atoms. The molecule has 0 saturated carbocycles. The lowest BCUT2D eigenvalue weighted by Gasteiger charge is -2.22. The molecule has 1 atom stereocenters. The first-order valence-electron chi connectivity index (χ1n) is 7.03. The van der Waals surface area contributed by atoms with Gasteiger partial charge < -0.3 is 5.32 Å². The van der Waals surface area contributed by atoms with Crippen LogP contribution in [0.4, 0.5) is 0 Å². The summed E-state index contributed by atoms with van der Waals surface area (Å²) in [6.07, 6.45) is 2.94. The van der Waals surface area contributed by atoms with Crippen LogP contribution in [0.25, 0.3) is 5.65 Å². The van der Waals surface area contributed by atoms with Gasteiger partial charge in [-0.05, 0) is 44.6 Å². The van der Waals surface area contributed by atoms with E-state index in [0.717, 1.165) is 36.4 Å². The second-order valence-electron chi connectivity index (χ2n) is 5.58. The monoisotopic (exact) mass is 272 g/mol. The van der Waals surface area contributed by atoms with Crippen molar-refractivity contribution in [2.24, 2.45) is 0 Å². The molecule has 0 amide bonds. The van der Waals surface area contributed by atoms with Gasteiger partial charge in [0.1, 0.15) is 5.65 Å². The minimum atomic E-state index is -0.0112. The van der Waals surface area contributed by atoms with Gasteiger partial charge in [0.25, 0.3) is 5.56 Å². The fraction of sp³-hybridized carbons (Fsp3) is 0.467. The molecule has 1 N–H and O–H groups in total. The Hall–Kier alpha value is -1.72. The number of pyridine rings is 1. The number of hydrogen-bond donors (Lipinski definition) is 1. The van der Waals surface area contributed by atoms with Gasteiger partial charge in [0.2, 0.25) is 0 Å². The molecule has 3 heterocycles. The van der Waals surface area contributed by atoms with Crippen molar-refractivity contribution in [1.29, 1.82) is 0 Å². The lowest BCUT2D eigenvalue weighted by atomic mass is 10.2. The van der Waals surface area contributed by atoms with E-state index < -0.39 is 0 Å². The summed E-state index contributed by atoms with van der Waals surface area (Å²) in [5.74, 6) is 0. The van der Waals surface area contributed by atoms with Crippen molar-refractivity contribution in [3.05, 3.63) is 46.0 Å². The molecule has 0 bridgehead atoms. The minimum absolute atomic E-state index is 0.0112. The van der Waals surface area contributed by atoms with Crippen molar-refractivity contribution < 1.29 is 0 Å². The standard InChI is InChI=1S/C15H20N4O/c1-11-4-6-19-14(7-11)17-12(8-15(19)20)10-18(2)13-3-5-16-9-13/h4,6-8,13,16H,3,5,9-10H2,1-2H3. The van der Waals surface area contributed by atoms with Gasteiger partial charge in [-0.25, -0.2) is 4.98 Å². The SMILES string of the molecule is Cc1ccn2c(=O)cc(CN(C)C3CCNC3)nc2c1. The zero-order chi connectivity index (χ0) is 14.1. The summed E-state index contributed by atoms with van der Waals surface area (Å²) in [5, 5.41) is 3.36. The van der Waals surface area contributed by atoms with Gasteiger partial charge in [0, 0.05) is 31.4 Å². The summed E-state index contributed by atoms with van der Waals surface area (Å²) in [7, 11) is 2.09. The van der Waals surface area contributed by atoms with E-state index in [1.54, 1.807) is 16.7 Å². The highest BCUT2D eigenvalue weighted by Gasteiger charge is 2.19. The molecule has 0 aromatic carbocycles. The number of aryl methyl sites for hydroxylation is 1. The van der Waals surface area contributed by atoms with Crippen LogP contribution in [0.1, 0.15) is 17.7 Å². The van der Waals surface area contributed by atoms with Crippen LogP contribution in [0.5, 0.6) is 0 Å². The lowest BCUT2D eigenvalue weighted by Crippen LogP contribution is -2.33. The topological polar surface area (TPSA) is 49.6 Å². The average Bonchev–Trinajstić information content (AvgIpc) is 2.91. The molecule has 106 valence electrons. The van der Waals surface area contributed by atoms with Crippen LogP contribution in [0.3, 0.4) is 0 Å². The molecule has 0 radical (unpaired) electrons. The summed E-state index contributed by atoms with van der Waals surface area (Å²) in [6, 6.07) is 6.04. The maximum absolute atomic E-state index is 12.1. The molecule has 1 aliphatic rings. The normalized spacial score (nSPS) is 19.1. The van der Waals surface area contributed by atoms with Crippen LogP contribution >= 0.6 is 0 Å². The van der Waals surface area contributed by atoms with Crippen molar-refractivity contribution in [3.63, 3.8) is 0 Å². The van der Waals surface area contributed by atoms with E-state index in [-0.39, 0.29) is 5.56 Å². The Morgan fingerprint density at radius 1 is 1.50 bits per heavy atom. The van der Waals surface area contributed by atoms with Gasteiger partial charge in [-0.2, -0.15) is 0 Å². The molecule has 2 aromatic heterocycles. The highest BCUT2D eigenvalue weighted by Crippen LogP contribution is 2.10. The highest BCUT2D eigenvalue weighted by atomic mass is 16.1. The molecule has 1 unspecified atom stereocenters. The maximum Gasteiger partial charge on any atom is 0.258 e.